The number of carbonyl (C=O) groups excluding carboxylic acids is 2. The predicted molar refractivity (Wildman–Crippen MR) is 106 cm³/mol. The summed E-state index contributed by atoms with van der Waals surface area (Å²) < 4.78 is 9.83. The molecule has 1 aromatic rings. The van der Waals surface area contributed by atoms with Crippen molar-refractivity contribution in [2.75, 3.05) is 26.8 Å². The Labute approximate surface area is 170 Å². The van der Waals surface area contributed by atoms with E-state index in [4.69, 9.17) is 9.47 Å². The van der Waals surface area contributed by atoms with Crippen LogP contribution in [0, 0.1) is 5.92 Å². The smallest absolute Gasteiger partial charge is 0.336 e. The number of nitrogens with zero attached hydrogens (tertiary/aromatic N) is 1. The van der Waals surface area contributed by atoms with Gasteiger partial charge in [-0.3, -0.25) is 0 Å². The molecule has 29 heavy (non-hydrogen) atoms. The van der Waals surface area contributed by atoms with Crippen LogP contribution in [0.3, 0.4) is 0 Å². The highest BCUT2D eigenvalue weighted by Crippen LogP contribution is 2.13. The van der Waals surface area contributed by atoms with Crippen LogP contribution in [0.1, 0.15) is 26.3 Å². The Morgan fingerprint density at radius 2 is 1.76 bits per heavy atom. The summed E-state index contributed by atoms with van der Waals surface area (Å²) in [5.41, 5.74) is 0.709. The van der Waals surface area contributed by atoms with Crippen LogP contribution < -0.4 is 10.1 Å². The van der Waals surface area contributed by atoms with E-state index < -0.39 is 30.1 Å². The molecule has 0 saturated carbocycles. The van der Waals surface area contributed by atoms with E-state index >= 15 is 0 Å². The van der Waals surface area contributed by atoms with Crippen LogP contribution in [0.2, 0.25) is 0 Å². The third-order valence-corrected chi connectivity index (χ3v) is 4.02. The van der Waals surface area contributed by atoms with Crippen LogP contribution in [-0.4, -0.2) is 72.0 Å². The molecule has 9 heteroatoms. The monoisotopic (exact) mass is 410 g/mol. The van der Waals surface area contributed by atoms with Crippen LogP contribution in [0.25, 0.3) is 0 Å². The minimum Gasteiger partial charge on any atom is -0.497 e. The second-order valence-corrected chi connectivity index (χ2v) is 6.96. The van der Waals surface area contributed by atoms with Crippen molar-refractivity contribution in [1.29, 1.82) is 0 Å². The Balaban J connectivity index is 2.85. The lowest BCUT2D eigenvalue weighted by Crippen LogP contribution is -2.52. The highest BCUT2D eigenvalue weighted by Gasteiger charge is 2.27. The summed E-state index contributed by atoms with van der Waals surface area (Å²) >= 11 is 0. The standard InChI is InChI=1S/C20H30N2O7/c1-5-29-19(26)17(23)12-22(11-13(2)3)20(27)21-16(18(24)25)10-14-6-8-15(28-4)9-7-14/h6-9,13,16-17,23H,5,10-12H2,1-4H3,(H,21,27)(H,24,25)/t16-,17?/m0/s1. The van der Waals surface area contributed by atoms with E-state index in [2.05, 4.69) is 5.32 Å². The summed E-state index contributed by atoms with van der Waals surface area (Å²) in [5.74, 6) is -1.34. The first-order valence-electron chi connectivity index (χ1n) is 9.43. The molecule has 0 fully saturated rings. The van der Waals surface area contributed by atoms with Crippen molar-refractivity contribution in [2.45, 2.75) is 39.3 Å². The molecule has 0 radical (unpaired) electrons. The van der Waals surface area contributed by atoms with E-state index in [9.17, 15) is 24.6 Å². The number of rotatable bonds is 11. The number of urea groups is 1. The second kappa shape index (κ2) is 11.9. The molecule has 2 atom stereocenters. The molecule has 0 spiro atoms. The Morgan fingerprint density at radius 1 is 1.14 bits per heavy atom. The van der Waals surface area contributed by atoms with Crippen LogP contribution >= 0.6 is 0 Å². The molecular weight excluding hydrogens is 380 g/mol. The first-order chi connectivity index (χ1) is 13.7. The topological polar surface area (TPSA) is 125 Å². The van der Waals surface area contributed by atoms with Gasteiger partial charge in [-0.15, -0.1) is 0 Å². The maximum atomic E-state index is 12.7. The highest BCUT2D eigenvalue weighted by molar-refractivity contribution is 5.83. The van der Waals surface area contributed by atoms with Gasteiger partial charge in [0.25, 0.3) is 0 Å². The molecule has 2 amide bonds. The largest absolute Gasteiger partial charge is 0.497 e. The fourth-order valence-electron chi connectivity index (χ4n) is 2.64. The molecule has 3 N–H and O–H groups in total. The Hall–Kier alpha value is -2.81. The lowest BCUT2D eigenvalue weighted by molar-refractivity contribution is -0.153. The van der Waals surface area contributed by atoms with Gasteiger partial charge in [0.2, 0.25) is 0 Å². The maximum Gasteiger partial charge on any atom is 0.336 e. The molecule has 9 nitrogen and oxygen atoms in total. The summed E-state index contributed by atoms with van der Waals surface area (Å²) in [6.45, 7) is 5.38. The van der Waals surface area contributed by atoms with Crippen LogP contribution in [0.4, 0.5) is 4.79 Å². The average Bonchev–Trinajstić information content (AvgIpc) is 2.67. The summed E-state index contributed by atoms with van der Waals surface area (Å²) in [6, 6.07) is 5.00. The van der Waals surface area contributed by atoms with Crippen molar-refractivity contribution < 1.29 is 34.1 Å². The van der Waals surface area contributed by atoms with Crippen molar-refractivity contribution in [1.82, 2.24) is 10.2 Å². The molecular formula is C20H30N2O7. The van der Waals surface area contributed by atoms with E-state index in [1.54, 1.807) is 31.2 Å². The molecule has 0 aromatic heterocycles. The number of amides is 2. The van der Waals surface area contributed by atoms with Gasteiger partial charge >= 0.3 is 18.0 Å². The number of carbonyl (C=O) groups is 3. The Morgan fingerprint density at radius 3 is 2.24 bits per heavy atom. The molecule has 0 aliphatic rings. The van der Waals surface area contributed by atoms with Gasteiger partial charge in [-0.2, -0.15) is 0 Å². The lowest BCUT2D eigenvalue weighted by atomic mass is 10.1. The third kappa shape index (κ3) is 8.39. The van der Waals surface area contributed by atoms with Gasteiger partial charge in [-0.25, -0.2) is 14.4 Å². The van der Waals surface area contributed by atoms with Crippen molar-refractivity contribution in [3.05, 3.63) is 29.8 Å². The number of hydrogen-bond acceptors (Lipinski definition) is 6. The summed E-state index contributed by atoms with van der Waals surface area (Å²) in [6.07, 6.45) is -1.44. The van der Waals surface area contributed by atoms with Crippen LogP contribution in [0.5, 0.6) is 5.75 Å². The zero-order chi connectivity index (χ0) is 22.0. The zero-order valence-electron chi connectivity index (χ0n) is 17.3. The number of carboxylic acids is 1. The van der Waals surface area contributed by atoms with E-state index in [0.29, 0.717) is 11.3 Å². The first-order valence-corrected chi connectivity index (χ1v) is 9.43. The zero-order valence-corrected chi connectivity index (χ0v) is 17.3. The number of benzene rings is 1. The third-order valence-electron chi connectivity index (χ3n) is 4.02. The van der Waals surface area contributed by atoms with Gasteiger partial charge in [0.15, 0.2) is 6.10 Å². The summed E-state index contributed by atoms with van der Waals surface area (Å²) in [4.78, 5) is 37.2. The highest BCUT2D eigenvalue weighted by atomic mass is 16.5. The fourth-order valence-corrected chi connectivity index (χ4v) is 2.64. The van der Waals surface area contributed by atoms with Gasteiger partial charge in [0, 0.05) is 13.0 Å². The van der Waals surface area contributed by atoms with Gasteiger partial charge in [0.05, 0.1) is 20.3 Å². The van der Waals surface area contributed by atoms with Gasteiger partial charge in [-0.1, -0.05) is 26.0 Å². The number of aliphatic hydroxyl groups excluding tert-OH is 1. The molecule has 1 aromatic carbocycles. The average molecular weight is 410 g/mol. The molecule has 0 aliphatic carbocycles. The summed E-state index contributed by atoms with van der Waals surface area (Å²) in [5, 5.41) is 22.0. The summed E-state index contributed by atoms with van der Waals surface area (Å²) in [7, 11) is 1.53. The number of esters is 1. The van der Waals surface area contributed by atoms with E-state index in [1.807, 2.05) is 13.8 Å². The minimum atomic E-state index is -1.51. The van der Waals surface area contributed by atoms with Crippen LogP contribution in [-0.2, 0) is 20.7 Å². The quantitative estimate of drug-likeness (QED) is 0.469. The number of methoxy groups -OCH3 is 1. The van der Waals surface area contributed by atoms with Crippen molar-refractivity contribution in [3.63, 3.8) is 0 Å². The number of aliphatic carboxylic acids is 1. The van der Waals surface area contributed by atoms with E-state index in [0.717, 1.165) is 0 Å². The minimum absolute atomic E-state index is 0.0417. The molecule has 0 saturated heterocycles. The first kappa shape index (κ1) is 24.2. The Bertz CT molecular complexity index is 676. The van der Waals surface area contributed by atoms with Gasteiger partial charge in [-0.05, 0) is 30.5 Å². The van der Waals surface area contributed by atoms with Crippen molar-refractivity contribution in [3.8, 4) is 5.75 Å². The van der Waals surface area contributed by atoms with E-state index in [-0.39, 0.29) is 32.0 Å². The molecule has 0 heterocycles. The maximum absolute atomic E-state index is 12.7. The number of carboxylic acid groups (broad SMARTS) is 1. The lowest BCUT2D eigenvalue weighted by Gasteiger charge is -2.28. The SMILES string of the molecule is CCOC(=O)C(O)CN(CC(C)C)C(=O)N[C@@H](Cc1ccc(OC)cc1)C(=O)O. The number of hydrogen-bond donors (Lipinski definition) is 3. The molecule has 162 valence electrons. The fraction of sp³-hybridized carbons (Fsp3) is 0.550. The van der Waals surface area contributed by atoms with Crippen LogP contribution in [0.15, 0.2) is 24.3 Å². The molecule has 0 bridgehead atoms. The number of nitrogens with one attached hydrogen (secondary N) is 1. The van der Waals surface area contributed by atoms with Crippen molar-refractivity contribution >= 4 is 18.0 Å². The molecule has 1 unspecified atom stereocenters. The number of ether oxygens (including phenoxy) is 2. The predicted octanol–water partition coefficient (Wildman–Crippen LogP) is 1.28. The normalized spacial score (nSPS) is 12.8. The van der Waals surface area contributed by atoms with Gasteiger partial charge < -0.3 is 29.9 Å². The number of aliphatic hydroxyl groups is 1. The molecule has 0 aliphatic heterocycles. The Kier molecular flexibility index (Phi) is 9.94. The van der Waals surface area contributed by atoms with Gasteiger partial charge in [0.1, 0.15) is 11.8 Å². The van der Waals surface area contributed by atoms with E-state index in [1.165, 1.54) is 12.0 Å². The van der Waals surface area contributed by atoms with Crippen molar-refractivity contribution in [2.24, 2.45) is 5.92 Å². The molecule has 1 rings (SSSR count). The second-order valence-electron chi connectivity index (χ2n) is 6.96.